The van der Waals surface area contributed by atoms with E-state index < -0.39 is 0 Å². The van der Waals surface area contributed by atoms with E-state index in [1.807, 2.05) is 36.1 Å². The Kier molecular flexibility index (Phi) is 6.19. The fraction of sp³-hybridized carbons (Fsp3) is 0.500. The monoisotopic (exact) mass is 313 g/mol. The minimum atomic E-state index is 0.0296. The second kappa shape index (κ2) is 7.41. The minimum Gasteiger partial charge on any atom is -0.483 e. The minimum absolute atomic E-state index is 0.0296. The number of carbonyl (C=O) groups excluding carboxylic acids is 1. The predicted octanol–water partition coefficient (Wildman–Crippen LogP) is 3.33. The van der Waals surface area contributed by atoms with Crippen LogP contribution in [-0.4, -0.2) is 30.5 Å². The van der Waals surface area contributed by atoms with Crippen LogP contribution in [0.3, 0.4) is 0 Å². The molecule has 1 aromatic carbocycles. The molecule has 1 aromatic rings. The Bertz CT molecular complexity index is 393. The molecule has 0 radical (unpaired) electrons. The maximum Gasteiger partial charge on any atom is 0.260 e. The van der Waals surface area contributed by atoms with Crippen LogP contribution in [0.15, 0.2) is 28.7 Å². The largest absolute Gasteiger partial charge is 0.483 e. The predicted molar refractivity (Wildman–Crippen MR) is 76.7 cm³/mol. The first-order chi connectivity index (χ1) is 8.54. The van der Waals surface area contributed by atoms with Crippen molar-refractivity contribution in [1.29, 1.82) is 0 Å². The molecule has 0 saturated heterocycles. The van der Waals surface area contributed by atoms with Gasteiger partial charge in [-0.15, -0.1) is 0 Å². The van der Waals surface area contributed by atoms with Gasteiger partial charge in [-0.1, -0.05) is 26.0 Å². The van der Waals surface area contributed by atoms with Crippen LogP contribution in [0, 0.1) is 5.92 Å². The third kappa shape index (κ3) is 4.69. The summed E-state index contributed by atoms with van der Waals surface area (Å²) in [7, 11) is 0. The second-order valence-electron chi connectivity index (χ2n) is 4.55. The Morgan fingerprint density at radius 1 is 1.39 bits per heavy atom. The lowest BCUT2D eigenvalue weighted by Crippen LogP contribution is -2.37. The van der Waals surface area contributed by atoms with Crippen molar-refractivity contribution >= 4 is 21.8 Å². The van der Waals surface area contributed by atoms with Crippen LogP contribution in [0.25, 0.3) is 0 Å². The van der Waals surface area contributed by atoms with Crippen LogP contribution >= 0.6 is 15.9 Å². The Hall–Kier alpha value is -1.03. The maximum absolute atomic E-state index is 12.0. The standard InChI is InChI=1S/C14H20BrNO2/c1-4-16(9-11(2)3)14(17)10-18-13-8-6-5-7-12(13)15/h5-8,11H,4,9-10H2,1-3H3. The third-order valence-electron chi connectivity index (χ3n) is 2.51. The molecule has 3 nitrogen and oxygen atoms in total. The van der Waals surface area contributed by atoms with E-state index in [-0.39, 0.29) is 12.5 Å². The molecule has 0 saturated carbocycles. The zero-order chi connectivity index (χ0) is 13.5. The van der Waals surface area contributed by atoms with E-state index in [9.17, 15) is 4.79 Å². The highest BCUT2D eigenvalue weighted by atomic mass is 79.9. The molecule has 1 rings (SSSR count). The van der Waals surface area contributed by atoms with Crippen molar-refractivity contribution in [3.8, 4) is 5.75 Å². The van der Waals surface area contributed by atoms with Gasteiger partial charge in [0, 0.05) is 13.1 Å². The van der Waals surface area contributed by atoms with Gasteiger partial charge in [0.1, 0.15) is 5.75 Å². The molecule has 0 aliphatic heterocycles. The van der Waals surface area contributed by atoms with E-state index in [0.717, 1.165) is 17.6 Å². The van der Waals surface area contributed by atoms with Gasteiger partial charge in [-0.25, -0.2) is 0 Å². The number of rotatable bonds is 6. The topological polar surface area (TPSA) is 29.5 Å². The molecule has 0 fully saturated rings. The van der Waals surface area contributed by atoms with Crippen LogP contribution in [0.4, 0.5) is 0 Å². The van der Waals surface area contributed by atoms with Crippen molar-refractivity contribution < 1.29 is 9.53 Å². The molecule has 0 spiro atoms. The molecular weight excluding hydrogens is 294 g/mol. The molecule has 1 amide bonds. The van der Waals surface area contributed by atoms with E-state index in [4.69, 9.17) is 4.74 Å². The zero-order valence-electron chi connectivity index (χ0n) is 11.1. The van der Waals surface area contributed by atoms with Crippen LogP contribution < -0.4 is 4.74 Å². The third-order valence-corrected chi connectivity index (χ3v) is 3.16. The summed E-state index contributed by atoms with van der Waals surface area (Å²) in [5, 5.41) is 0. The zero-order valence-corrected chi connectivity index (χ0v) is 12.7. The number of benzene rings is 1. The number of carbonyl (C=O) groups is 1. The number of halogens is 1. The number of nitrogens with zero attached hydrogens (tertiary/aromatic N) is 1. The normalized spacial score (nSPS) is 10.5. The van der Waals surface area contributed by atoms with E-state index in [1.54, 1.807) is 0 Å². The number of likely N-dealkylation sites (N-methyl/N-ethyl adjacent to an activating group) is 1. The summed E-state index contributed by atoms with van der Waals surface area (Å²) in [6.45, 7) is 7.77. The van der Waals surface area contributed by atoms with Crippen molar-refractivity contribution in [3.63, 3.8) is 0 Å². The van der Waals surface area contributed by atoms with E-state index >= 15 is 0 Å². The van der Waals surface area contributed by atoms with Crippen LogP contribution in [-0.2, 0) is 4.79 Å². The van der Waals surface area contributed by atoms with Gasteiger partial charge in [-0.2, -0.15) is 0 Å². The smallest absolute Gasteiger partial charge is 0.260 e. The van der Waals surface area contributed by atoms with Crippen molar-refractivity contribution in [3.05, 3.63) is 28.7 Å². The molecule has 0 bridgehead atoms. The summed E-state index contributed by atoms with van der Waals surface area (Å²) in [5.74, 6) is 1.20. The van der Waals surface area contributed by atoms with Crippen LogP contribution in [0.5, 0.6) is 5.75 Å². The maximum atomic E-state index is 12.0. The quantitative estimate of drug-likeness (QED) is 0.806. The first-order valence-corrected chi connectivity index (χ1v) is 6.99. The van der Waals surface area contributed by atoms with Crippen LogP contribution in [0.1, 0.15) is 20.8 Å². The molecule has 0 aliphatic carbocycles. The first-order valence-electron chi connectivity index (χ1n) is 6.19. The van der Waals surface area contributed by atoms with Gasteiger partial charge in [-0.05, 0) is 40.9 Å². The molecule has 4 heteroatoms. The SMILES string of the molecule is CCN(CC(C)C)C(=O)COc1ccccc1Br. The van der Waals surface area contributed by atoms with Crippen molar-refractivity contribution in [2.45, 2.75) is 20.8 Å². The highest BCUT2D eigenvalue weighted by Gasteiger charge is 2.14. The van der Waals surface area contributed by atoms with Crippen LogP contribution in [0.2, 0.25) is 0 Å². The molecule has 0 heterocycles. The van der Waals surface area contributed by atoms with Gasteiger partial charge in [0.15, 0.2) is 6.61 Å². The molecule has 0 N–H and O–H groups in total. The highest BCUT2D eigenvalue weighted by molar-refractivity contribution is 9.10. The number of amides is 1. The summed E-state index contributed by atoms with van der Waals surface area (Å²) in [5.41, 5.74) is 0. The Balaban J connectivity index is 2.52. The van der Waals surface area contributed by atoms with Crippen molar-refractivity contribution in [2.75, 3.05) is 19.7 Å². The van der Waals surface area contributed by atoms with Gasteiger partial charge in [0.2, 0.25) is 0 Å². The van der Waals surface area contributed by atoms with Gasteiger partial charge >= 0.3 is 0 Å². The summed E-state index contributed by atoms with van der Waals surface area (Å²) < 4.78 is 6.39. The molecule has 100 valence electrons. The molecule has 0 aromatic heterocycles. The summed E-state index contributed by atoms with van der Waals surface area (Å²) >= 11 is 3.39. The van der Waals surface area contributed by atoms with Gasteiger partial charge in [0.25, 0.3) is 5.91 Å². The first kappa shape index (κ1) is 15.0. The Morgan fingerprint density at radius 2 is 2.06 bits per heavy atom. The highest BCUT2D eigenvalue weighted by Crippen LogP contribution is 2.23. The Labute approximate surface area is 117 Å². The number of hydrogen-bond acceptors (Lipinski definition) is 2. The lowest BCUT2D eigenvalue weighted by Gasteiger charge is -2.23. The molecular formula is C14H20BrNO2. The lowest BCUT2D eigenvalue weighted by molar-refractivity contribution is -0.133. The van der Waals surface area contributed by atoms with Crippen molar-refractivity contribution in [1.82, 2.24) is 4.90 Å². The Morgan fingerprint density at radius 3 is 2.61 bits per heavy atom. The van der Waals surface area contributed by atoms with E-state index in [2.05, 4.69) is 29.8 Å². The fourth-order valence-electron chi connectivity index (χ4n) is 1.64. The summed E-state index contributed by atoms with van der Waals surface area (Å²) in [4.78, 5) is 13.8. The fourth-order valence-corrected chi connectivity index (χ4v) is 2.04. The average Bonchev–Trinajstić information content (AvgIpc) is 2.34. The summed E-state index contributed by atoms with van der Waals surface area (Å²) in [6, 6.07) is 7.54. The molecule has 0 aliphatic rings. The van der Waals surface area contributed by atoms with E-state index in [0.29, 0.717) is 11.7 Å². The molecule has 18 heavy (non-hydrogen) atoms. The van der Waals surface area contributed by atoms with Gasteiger partial charge in [0.05, 0.1) is 4.47 Å². The molecule has 0 atom stereocenters. The average molecular weight is 314 g/mol. The second-order valence-corrected chi connectivity index (χ2v) is 5.40. The van der Waals surface area contributed by atoms with Gasteiger partial charge < -0.3 is 9.64 Å². The van der Waals surface area contributed by atoms with Crippen molar-refractivity contribution in [2.24, 2.45) is 5.92 Å². The number of hydrogen-bond donors (Lipinski definition) is 0. The number of ether oxygens (including phenoxy) is 1. The van der Waals surface area contributed by atoms with Gasteiger partial charge in [-0.3, -0.25) is 4.79 Å². The molecule has 0 unspecified atom stereocenters. The summed E-state index contributed by atoms with van der Waals surface area (Å²) in [6.07, 6.45) is 0. The van der Waals surface area contributed by atoms with E-state index in [1.165, 1.54) is 0 Å². The number of para-hydroxylation sites is 1. The lowest BCUT2D eigenvalue weighted by atomic mass is 10.2.